The first kappa shape index (κ1) is 18.6. The molecule has 0 radical (unpaired) electrons. The smallest absolute Gasteiger partial charge is 0.416 e. The molecule has 2 aromatic carbocycles. The van der Waals surface area contributed by atoms with Crippen LogP contribution in [0.25, 0.3) is 0 Å². The Bertz CT molecular complexity index is 679. The number of halogens is 3. The van der Waals surface area contributed by atoms with E-state index in [1.165, 1.54) is 19.2 Å². The van der Waals surface area contributed by atoms with Gasteiger partial charge in [0.15, 0.2) is 0 Å². The summed E-state index contributed by atoms with van der Waals surface area (Å²) in [4.78, 5) is 11.0. The molecular weight excluding hydrogens is 337 g/mol. The Morgan fingerprint density at radius 2 is 1.48 bits per heavy atom. The van der Waals surface area contributed by atoms with Crippen molar-refractivity contribution in [2.75, 3.05) is 13.7 Å². The number of hydrogen-bond donors (Lipinski definition) is 0. The van der Waals surface area contributed by atoms with Gasteiger partial charge in [0.25, 0.3) is 0 Å². The molecule has 4 nitrogen and oxygen atoms in total. The molecule has 2 aromatic rings. The quantitative estimate of drug-likeness (QED) is 0.698. The molecule has 0 aliphatic rings. The number of rotatable bonds is 7. The third kappa shape index (κ3) is 6.02. The average Bonchev–Trinajstić information content (AvgIpc) is 2.60. The topological polar surface area (TPSA) is 44.8 Å². The van der Waals surface area contributed by atoms with Crippen molar-refractivity contribution in [1.29, 1.82) is 0 Å². The van der Waals surface area contributed by atoms with E-state index in [1.54, 1.807) is 24.3 Å². The van der Waals surface area contributed by atoms with Gasteiger partial charge in [0.05, 0.1) is 25.7 Å². The van der Waals surface area contributed by atoms with Crippen molar-refractivity contribution < 1.29 is 32.2 Å². The summed E-state index contributed by atoms with van der Waals surface area (Å²) in [6.07, 6.45) is -4.19. The van der Waals surface area contributed by atoms with Crippen molar-refractivity contribution >= 4 is 5.97 Å². The molecule has 0 amide bonds. The Labute approximate surface area is 143 Å². The van der Waals surface area contributed by atoms with Crippen LogP contribution < -0.4 is 9.47 Å². The lowest BCUT2D eigenvalue weighted by Crippen LogP contribution is -2.07. The molecule has 0 unspecified atom stereocenters. The van der Waals surface area contributed by atoms with Crippen LogP contribution in [0, 0.1) is 0 Å². The van der Waals surface area contributed by atoms with Gasteiger partial charge in [0.2, 0.25) is 0 Å². The van der Waals surface area contributed by atoms with Crippen molar-refractivity contribution in [2.45, 2.75) is 19.2 Å². The second-order valence-corrected chi connectivity index (χ2v) is 5.13. The molecule has 0 heterocycles. The van der Waals surface area contributed by atoms with Gasteiger partial charge in [-0.15, -0.1) is 0 Å². The fraction of sp³-hybridized carbons (Fsp3) is 0.278. The second-order valence-electron chi connectivity index (χ2n) is 5.13. The van der Waals surface area contributed by atoms with Gasteiger partial charge in [0, 0.05) is 0 Å². The fourth-order valence-electron chi connectivity index (χ4n) is 1.94. The largest absolute Gasteiger partial charge is 0.493 e. The number of carbonyl (C=O) groups excluding carboxylic acids is 1. The van der Waals surface area contributed by atoms with Crippen LogP contribution in [0.3, 0.4) is 0 Å². The van der Waals surface area contributed by atoms with Crippen LogP contribution in [0.1, 0.15) is 17.5 Å². The Kier molecular flexibility index (Phi) is 6.27. The minimum atomic E-state index is -4.34. The third-order valence-corrected chi connectivity index (χ3v) is 3.31. The molecule has 0 spiro atoms. The van der Waals surface area contributed by atoms with E-state index < -0.39 is 11.7 Å². The fourth-order valence-corrected chi connectivity index (χ4v) is 1.94. The standard InChI is InChI=1S/C18H17F3O4/c1-23-17(22)10-11-24-15-6-8-16(9-7-15)25-12-13-2-4-14(5-3-13)18(19,20)21/h2-9H,10-12H2,1H3. The highest BCUT2D eigenvalue weighted by atomic mass is 19.4. The van der Waals surface area contributed by atoms with E-state index in [4.69, 9.17) is 9.47 Å². The Balaban J connectivity index is 1.82. The zero-order chi connectivity index (χ0) is 18.3. The summed E-state index contributed by atoms with van der Waals surface area (Å²) < 4.78 is 52.9. The third-order valence-electron chi connectivity index (χ3n) is 3.31. The maximum atomic E-state index is 12.5. The number of hydrogen-bond acceptors (Lipinski definition) is 4. The van der Waals surface area contributed by atoms with Gasteiger partial charge in [-0.25, -0.2) is 0 Å². The molecule has 0 aliphatic carbocycles. The molecule has 7 heteroatoms. The van der Waals surface area contributed by atoms with E-state index in [0.717, 1.165) is 12.1 Å². The summed E-state index contributed by atoms with van der Waals surface area (Å²) in [6.45, 7) is 0.360. The monoisotopic (exact) mass is 354 g/mol. The summed E-state index contributed by atoms with van der Waals surface area (Å²) in [5.41, 5.74) is -0.0592. The number of ether oxygens (including phenoxy) is 3. The van der Waals surface area contributed by atoms with Gasteiger partial charge in [0.1, 0.15) is 18.1 Å². The summed E-state index contributed by atoms with van der Waals surface area (Å²) in [5.74, 6) is 0.780. The highest BCUT2D eigenvalue weighted by Crippen LogP contribution is 2.29. The van der Waals surface area contributed by atoms with Gasteiger partial charge in [-0.1, -0.05) is 12.1 Å². The molecule has 25 heavy (non-hydrogen) atoms. The first-order valence-electron chi connectivity index (χ1n) is 7.47. The highest BCUT2D eigenvalue weighted by Gasteiger charge is 2.29. The molecule has 0 atom stereocenters. The van der Waals surface area contributed by atoms with Crippen molar-refractivity contribution in [2.24, 2.45) is 0 Å². The Morgan fingerprint density at radius 3 is 2.00 bits per heavy atom. The summed E-state index contributed by atoms with van der Waals surface area (Å²) in [6, 6.07) is 11.5. The highest BCUT2D eigenvalue weighted by molar-refractivity contribution is 5.69. The minimum absolute atomic E-state index is 0.153. The van der Waals surface area contributed by atoms with E-state index in [-0.39, 0.29) is 25.6 Å². The summed E-state index contributed by atoms with van der Waals surface area (Å²) >= 11 is 0. The van der Waals surface area contributed by atoms with Crippen LogP contribution in [0.15, 0.2) is 48.5 Å². The number of methoxy groups -OCH3 is 1. The molecule has 0 saturated carbocycles. The molecule has 0 aliphatic heterocycles. The predicted molar refractivity (Wildman–Crippen MR) is 84.3 cm³/mol. The van der Waals surface area contributed by atoms with E-state index >= 15 is 0 Å². The van der Waals surface area contributed by atoms with Crippen LogP contribution in [0.4, 0.5) is 13.2 Å². The SMILES string of the molecule is COC(=O)CCOc1ccc(OCc2ccc(C(F)(F)F)cc2)cc1. The van der Waals surface area contributed by atoms with Crippen LogP contribution in [-0.2, 0) is 22.3 Å². The van der Waals surface area contributed by atoms with Crippen LogP contribution in [0.5, 0.6) is 11.5 Å². The van der Waals surface area contributed by atoms with Gasteiger partial charge >= 0.3 is 12.1 Å². The van der Waals surface area contributed by atoms with Crippen LogP contribution in [0.2, 0.25) is 0 Å². The minimum Gasteiger partial charge on any atom is -0.493 e. The van der Waals surface area contributed by atoms with E-state index in [0.29, 0.717) is 17.1 Å². The van der Waals surface area contributed by atoms with Crippen molar-refractivity contribution in [3.63, 3.8) is 0 Å². The first-order valence-corrected chi connectivity index (χ1v) is 7.47. The van der Waals surface area contributed by atoms with Gasteiger partial charge < -0.3 is 14.2 Å². The summed E-state index contributed by atoms with van der Waals surface area (Å²) in [7, 11) is 1.31. The maximum absolute atomic E-state index is 12.5. The van der Waals surface area contributed by atoms with Crippen LogP contribution >= 0.6 is 0 Å². The molecular formula is C18H17F3O4. The van der Waals surface area contributed by atoms with E-state index in [9.17, 15) is 18.0 Å². The van der Waals surface area contributed by atoms with Crippen molar-refractivity contribution in [3.8, 4) is 11.5 Å². The van der Waals surface area contributed by atoms with E-state index in [2.05, 4.69) is 4.74 Å². The Hall–Kier alpha value is -2.70. The summed E-state index contributed by atoms with van der Waals surface area (Å²) in [5, 5.41) is 0. The number of alkyl halides is 3. The molecule has 0 fully saturated rings. The second kappa shape index (κ2) is 8.41. The normalized spacial score (nSPS) is 11.0. The average molecular weight is 354 g/mol. The first-order chi connectivity index (χ1) is 11.9. The molecule has 0 N–H and O–H groups in total. The molecule has 0 aromatic heterocycles. The van der Waals surface area contributed by atoms with Crippen LogP contribution in [-0.4, -0.2) is 19.7 Å². The molecule has 134 valence electrons. The lowest BCUT2D eigenvalue weighted by molar-refractivity contribution is -0.141. The maximum Gasteiger partial charge on any atom is 0.416 e. The van der Waals surface area contributed by atoms with E-state index in [1.807, 2.05) is 0 Å². The predicted octanol–water partition coefficient (Wildman–Crippen LogP) is 4.23. The zero-order valence-electron chi connectivity index (χ0n) is 13.5. The van der Waals surface area contributed by atoms with Gasteiger partial charge in [-0.3, -0.25) is 4.79 Å². The van der Waals surface area contributed by atoms with Crippen molar-refractivity contribution in [1.82, 2.24) is 0 Å². The number of carbonyl (C=O) groups is 1. The Morgan fingerprint density at radius 1 is 0.920 bits per heavy atom. The van der Waals surface area contributed by atoms with Gasteiger partial charge in [-0.2, -0.15) is 13.2 Å². The van der Waals surface area contributed by atoms with Crippen molar-refractivity contribution in [3.05, 3.63) is 59.7 Å². The zero-order valence-corrected chi connectivity index (χ0v) is 13.5. The lowest BCUT2D eigenvalue weighted by Gasteiger charge is -2.10. The van der Waals surface area contributed by atoms with Gasteiger partial charge in [-0.05, 0) is 42.0 Å². The number of esters is 1. The molecule has 2 rings (SSSR count). The molecule has 0 bridgehead atoms. The molecule has 0 saturated heterocycles. The number of benzene rings is 2. The lowest BCUT2D eigenvalue weighted by atomic mass is 10.1.